The summed E-state index contributed by atoms with van der Waals surface area (Å²) in [6, 6.07) is 4.28. The SMILES string of the molecule is O=C(CNCc1ccc(Cl)s1)NC1CC1. The van der Waals surface area contributed by atoms with Gasteiger partial charge < -0.3 is 10.6 Å². The number of nitrogens with one attached hydrogen (secondary N) is 2. The van der Waals surface area contributed by atoms with Crippen LogP contribution in [0.15, 0.2) is 12.1 Å². The molecule has 0 aliphatic heterocycles. The first kappa shape index (κ1) is 10.9. The van der Waals surface area contributed by atoms with Crippen molar-refractivity contribution >= 4 is 28.8 Å². The number of hydrogen-bond donors (Lipinski definition) is 2. The third-order valence-electron chi connectivity index (χ3n) is 2.16. The standard InChI is InChI=1S/C10H13ClN2OS/c11-9-4-3-8(15-9)5-12-6-10(14)13-7-1-2-7/h3-4,7,12H,1-2,5-6H2,(H,13,14). The Morgan fingerprint density at radius 3 is 2.93 bits per heavy atom. The lowest BCUT2D eigenvalue weighted by Gasteiger charge is -2.03. The van der Waals surface area contributed by atoms with E-state index in [4.69, 9.17) is 11.6 Å². The van der Waals surface area contributed by atoms with Crippen LogP contribution in [0.2, 0.25) is 4.34 Å². The minimum atomic E-state index is 0.0835. The minimum Gasteiger partial charge on any atom is -0.352 e. The van der Waals surface area contributed by atoms with Crippen LogP contribution in [0, 0.1) is 0 Å². The third-order valence-corrected chi connectivity index (χ3v) is 3.39. The van der Waals surface area contributed by atoms with E-state index in [-0.39, 0.29) is 5.91 Å². The smallest absolute Gasteiger partial charge is 0.234 e. The largest absolute Gasteiger partial charge is 0.352 e. The summed E-state index contributed by atoms with van der Waals surface area (Å²) in [6.45, 7) is 1.08. The first-order valence-corrected chi connectivity index (χ1v) is 6.18. The van der Waals surface area contributed by atoms with E-state index in [0.717, 1.165) is 22.1 Å². The van der Waals surface area contributed by atoms with Gasteiger partial charge in [-0.1, -0.05) is 11.6 Å². The molecule has 5 heteroatoms. The van der Waals surface area contributed by atoms with Crippen molar-refractivity contribution in [3.63, 3.8) is 0 Å². The Bertz CT molecular complexity index is 349. The highest BCUT2D eigenvalue weighted by atomic mass is 35.5. The van der Waals surface area contributed by atoms with Crippen molar-refractivity contribution in [2.24, 2.45) is 0 Å². The van der Waals surface area contributed by atoms with Gasteiger partial charge in [-0.2, -0.15) is 0 Å². The van der Waals surface area contributed by atoms with E-state index in [1.54, 1.807) is 0 Å². The quantitative estimate of drug-likeness (QED) is 0.829. The number of thiophene rings is 1. The summed E-state index contributed by atoms with van der Waals surface area (Å²) in [4.78, 5) is 12.4. The Balaban J connectivity index is 1.63. The Hall–Kier alpha value is -0.580. The van der Waals surface area contributed by atoms with Gasteiger partial charge in [-0.25, -0.2) is 0 Å². The number of halogens is 1. The molecule has 1 aliphatic rings. The Labute approximate surface area is 97.8 Å². The highest BCUT2D eigenvalue weighted by Crippen LogP contribution is 2.21. The molecule has 2 N–H and O–H groups in total. The lowest BCUT2D eigenvalue weighted by molar-refractivity contribution is -0.120. The molecule has 1 amide bonds. The molecule has 0 saturated heterocycles. The predicted molar refractivity (Wildman–Crippen MR) is 62.2 cm³/mol. The van der Waals surface area contributed by atoms with Crippen LogP contribution < -0.4 is 10.6 Å². The molecule has 0 radical (unpaired) electrons. The van der Waals surface area contributed by atoms with Crippen molar-refractivity contribution in [1.29, 1.82) is 0 Å². The summed E-state index contributed by atoms with van der Waals surface area (Å²) >= 11 is 7.33. The number of rotatable bonds is 5. The van der Waals surface area contributed by atoms with Gasteiger partial charge in [0.1, 0.15) is 0 Å². The first-order chi connectivity index (χ1) is 7.24. The van der Waals surface area contributed by atoms with Crippen molar-refractivity contribution in [2.45, 2.75) is 25.4 Å². The molecule has 1 fully saturated rings. The molecular weight excluding hydrogens is 232 g/mol. The van der Waals surface area contributed by atoms with Crippen LogP contribution in [0.5, 0.6) is 0 Å². The van der Waals surface area contributed by atoms with E-state index in [1.807, 2.05) is 12.1 Å². The fourth-order valence-electron chi connectivity index (χ4n) is 1.25. The van der Waals surface area contributed by atoms with Crippen molar-refractivity contribution in [3.05, 3.63) is 21.3 Å². The van der Waals surface area contributed by atoms with Crippen molar-refractivity contribution in [2.75, 3.05) is 6.54 Å². The number of carbonyl (C=O) groups excluding carboxylic acids is 1. The topological polar surface area (TPSA) is 41.1 Å². The molecule has 1 aliphatic carbocycles. The summed E-state index contributed by atoms with van der Waals surface area (Å²) in [7, 11) is 0. The summed E-state index contributed by atoms with van der Waals surface area (Å²) in [6.07, 6.45) is 2.26. The molecule has 1 aromatic rings. The monoisotopic (exact) mass is 244 g/mol. The van der Waals surface area contributed by atoms with Gasteiger partial charge in [-0.05, 0) is 25.0 Å². The molecule has 1 saturated carbocycles. The fourth-order valence-corrected chi connectivity index (χ4v) is 2.31. The minimum absolute atomic E-state index is 0.0835. The van der Waals surface area contributed by atoms with Gasteiger partial charge in [0, 0.05) is 17.5 Å². The van der Waals surface area contributed by atoms with Gasteiger partial charge >= 0.3 is 0 Å². The van der Waals surface area contributed by atoms with Crippen LogP contribution >= 0.6 is 22.9 Å². The molecule has 0 aromatic carbocycles. The van der Waals surface area contributed by atoms with Gasteiger partial charge in [0.05, 0.1) is 10.9 Å². The first-order valence-electron chi connectivity index (χ1n) is 4.98. The Morgan fingerprint density at radius 1 is 1.53 bits per heavy atom. The molecule has 0 atom stereocenters. The predicted octanol–water partition coefficient (Wildman–Crippen LogP) is 1.77. The molecule has 0 spiro atoms. The van der Waals surface area contributed by atoms with E-state index in [1.165, 1.54) is 11.3 Å². The van der Waals surface area contributed by atoms with Crippen LogP contribution in [0.4, 0.5) is 0 Å². The third kappa shape index (κ3) is 3.81. The average molecular weight is 245 g/mol. The van der Waals surface area contributed by atoms with E-state index in [2.05, 4.69) is 10.6 Å². The second-order valence-electron chi connectivity index (χ2n) is 3.65. The maximum absolute atomic E-state index is 11.3. The second kappa shape index (κ2) is 4.96. The number of amides is 1. The van der Waals surface area contributed by atoms with Gasteiger partial charge in [-0.3, -0.25) is 4.79 Å². The summed E-state index contributed by atoms with van der Waals surface area (Å²) in [5, 5.41) is 6.01. The number of carbonyl (C=O) groups is 1. The van der Waals surface area contributed by atoms with Gasteiger partial charge in [0.2, 0.25) is 5.91 Å². The molecule has 0 unspecified atom stereocenters. The molecule has 1 aromatic heterocycles. The zero-order valence-corrected chi connectivity index (χ0v) is 9.83. The van der Waals surface area contributed by atoms with Crippen molar-refractivity contribution in [3.8, 4) is 0 Å². The molecular formula is C10H13ClN2OS. The normalized spacial score (nSPS) is 15.3. The molecule has 1 heterocycles. The van der Waals surface area contributed by atoms with Crippen LogP contribution in [-0.2, 0) is 11.3 Å². The lowest BCUT2D eigenvalue weighted by Crippen LogP contribution is -2.34. The van der Waals surface area contributed by atoms with Gasteiger partial charge in [0.15, 0.2) is 0 Å². The Kier molecular flexibility index (Phi) is 3.61. The zero-order valence-electron chi connectivity index (χ0n) is 8.25. The summed E-state index contributed by atoms with van der Waals surface area (Å²) in [5.74, 6) is 0.0835. The van der Waals surface area contributed by atoms with E-state index >= 15 is 0 Å². The summed E-state index contributed by atoms with van der Waals surface area (Å²) < 4.78 is 0.786. The van der Waals surface area contributed by atoms with Crippen LogP contribution in [0.25, 0.3) is 0 Å². The highest BCUT2D eigenvalue weighted by Gasteiger charge is 2.22. The molecule has 0 bridgehead atoms. The maximum Gasteiger partial charge on any atom is 0.234 e. The molecule has 15 heavy (non-hydrogen) atoms. The highest BCUT2D eigenvalue weighted by molar-refractivity contribution is 7.16. The molecule has 3 nitrogen and oxygen atoms in total. The fraction of sp³-hybridized carbons (Fsp3) is 0.500. The zero-order chi connectivity index (χ0) is 10.7. The van der Waals surface area contributed by atoms with E-state index in [0.29, 0.717) is 19.1 Å². The number of hydrogen-bond acceptors (Lipinski definition) is 3. The van der Waals surface area contributed by atoms with E-state index < -0.39 is 0 Å². The van der Waals surface area contributed by atoms with Crippen LogP contribution in [-0.4, -0.2) is 18.5 Å². The van der Waals surface area contributed by atoms with Crippen molar-refractivity contribution < 1.29 is 4.79 Å². The lowest BCUT2D eigenvalue weighted by atomic mass is 10.4. The average Bonchev–Trinajstić information content (AvgIpc) is 2.89. The van der Waals surface area contributed by atoms with E-state index in [9.17, 15) is 4.79 Å². The second-order valence-corrected chi connectivity index (χ2v) is 5.45. The van der Waals surface area contributed by atoms with Gasteiger partial charge in [-0.15, -0.1) is 11.3 Å². The van der Waals surface area contributed by atoms with Gasteiger partial charge in [0.25, 0.3) is 0 Å². The maximum atomic E-state index is 11.3. The van der Waals surface area contributed by atoms with Crippen molar-refractivity contribution in [1.82, 2.24) is 10.6 Å². The molecule has 82 valence electrons. The molecule has 2 rings (SSSR count). The Morgan fingerprint density at radius 2 is 2.33 bits per heavy atom. The summed E-state index contributed by atoms with van der Waals surface area (Å²) in [5.41, 5.74) is 0. The van der Waals surface area contributed by atoms with Crippen LogP contribution in [0.1, 0.15) is 17.7 Å². The van der Waals surface area contributed by atoms with Crippen LogP contribution in [0.3, 0.4) is 0 Å².